The highest BCUT2D eigenvalue weighted by molar-refractivity contribution is 8.13. The summed E-state index contributed by atoms with van der Waals surface area (Å²) < 4.78 is 27.5. The largest absolute Gasteiger partial charge is 0.462 e. The van der Waals surface area contributed by atoms with Crippen molar-refractivity contribution in [2.45, 2.75) is 43.9 Å². The highest BCUT2D eigenvalue weighted by atomic mass is 35.7. The molecular weight excluding hydrogens is 300 g/mol. The highest BCUT2D eigenvalue weighted by Gasteiger charge is 2.14. The SMILES string of the molecule is CCCCCCCOC(=O)c1cccc(S(=O)(=O)Cl)c1. The summed E-state index contributed by atoms with van der Waals surface area (Å²) in [6.07, 6.45) is 5.33. The van der Waals surface area contributed by atoms with Crippen LogP contribution in [-0.4, -0.2) is 21.0 Å². The number of carbonyl (C=O) groups excluding carboxylic acids is 1. The van der Waals surface area contributed by atoms with E-state index in [4.69, 9.17) is 15.4 Å². The Bertz CT molecular complexity index is 540. The number of rotatable bonds is 8. The summed E-state index contributed by atoms with van der Waals surface area (Å²) >= 11 is 0. The Hall–Kier alpha value is -1.07. The van der Waals surface area contributed by atoms with Crippen molar-refractivity contribution in [3.63, 3.8) is 0 Å². The zero-order valence-corrected chi connectivity index (χ0v) is 13.0. The minimum Gasteiger partial charge on any atom is -0.462 e. The Morgan fingerprint density at radius 3 is 2.55 bits per heavy atom. The van der Waals surface area contributed by atoms with Gasteiger partial charge in [0.2, 0.25) is 0 Å². The molecule has 1 aromatic rings. The highest BCUT2D eigenvalue weighted by Crippen LogP contribution is 2.16. The molecule has 0 spiro atoms. The topological polar surface area (TPSA) is 60.4 Å². The van der Waals surface area contributed by atoms with Gasteiger partial charge in [0.25, 0.3) is 9.05 Å². The molecule has 0 N–H and O–H groups in total. The Labute approximate surface area is 124 Å². The van der Waals surface area contributed by atoms with Gasteiger partial charge in [0.05, 0.1) is 17.1 Å². The average Bonchev–Trinajstić information content (AvgIpc) is 2.41. The Balaban J connectivity index is 2.48. The molecule has 1 rings (SSSR count). The maximum atomic E-state index is 11.8. The first-order valence-electron chi connectivity index (χ1n) is 6.67. The molecule has 6 heteroatoms. The van der Waals surface area contributed by atoms with Gasteiger partial charge >= 0.3 is 5.97 Å². The molecule has 0 aliphatic carbocycles. The quantitative estimate of drug-likeness (QED) is 0.416. The lowest BCUT2D eigenvalue weighted by atomic mass is 10.2. The van der Waals surface area contributed by atoms with E-state index >= 15 is 0 Å². The van der Waals surface area contributed by atoms with E-state index in [9.17, 15) is 13.2 Å². The van der Waals surface area contributed by atoms with Crippen LogP contribution in [0.1, 0.15) is 49.4 Å². The number of hydrogen-bond acceptors (Lipinski definition) is 4. The van der Waals surface area contributed by atoms with Crippen LogP contribution in [0.25, 0.3) is 0 Å². The van der Waals surface area contributed by atoms with Crippen molar-refractivity contribution in [2.75, 3.05) is 6.61 Å². The van der Waals surface area contributed by atoms with E-state index in [0.29, 0.717) is 6.61 Å². The molecule has 0 aromatic heterocycles. The van der Waals surface area contributed by atoms with Crippen LogP contribution in [-0.2, 0) is 13.8 Å². The molecule has 0 amide bonds. The Morgan fingerprint density at radius 1 is 1.20 bits per heavy atom. The van der Waals surface area contributed by atoms with Crippen LogP contribution in [0.2, 0.25) is 0 Å². The molecule has 0 fully saturated rings. The molecule has 0 heterocycles. The van der Waals surface area contributed by atoms with Crippen molar-refractivity contribution in [1.82, 2.24) is 0 Å². The lowest BCUT2D eigenvalue weighted by molar-refractivity contribution is 0.0497. The minimum atomic E-state index is -3.83. The summed E-state index contributed by atoms with van der Waals surface area (Å²) in [5.41, 5.74) is 0.195. The first-order valence-corrected chi connectivity index (χ1v) is 8.98. The Morgan fingerprint density at radius 2 is 1.90 bits per heavy atom. The fraction of sp³-hybridized carbons (Fsp3) is 0.500. The molecule has 0 radical (unpaired) electrons. The fourth-order valence-electron chi connectivity index (χ4n) is 1.73. The van der Waals surface area contributed by atoms with Gasteiger partial charge < -0.3 is 4.74 Å². The van der Waals surface area contributed by atoms with Crippen molar-refractivity contribution >= 4 is 25.7 Å². The minimum absolute atomic E-state index is 0.100. The third kappa shape index (κ3) is 5.92. The smallest absolute Gasteiger partial charge is 0.338 e. The van der Waals surface area contributed by atoms with E-state index < -0.39 is 15.0 Å². The molecule has 112 valence electrons. The first kappa shape index (κ1) is 17.0. The zero-order chi connectivity index (χ0) is 15.0. The van der Waals surface area contributed by atoms with Crippen LogP contribution in [0.3, 0.4) is 0 Å². The van der Waals surface area contributed by atoms with Crippen LogP contribution in [0.5, 0.6) is 0 Å². The van der Waals surface area contributed by atoms with Gasteiger partial charge in [0.15, 0.2) is 0 Å². The van der Waals surface area contributed by atoms with Crippen LogP contribution in [0.4, 0.5) is 0 Å². The molecule has 20 heavy (non-hydrogen) atoms. The fourth-order valence-corrected chi connectivity index (χ4v) is 2.53. The number of unbranched alkanes of at least 4 members (excludes halogenated alkanes) is 4. The standard InChI is InChI=1S/C14H19ClO4S/c1-2-3-4-5-6-10-19-14(16)12-8-7-9-13(11-12)20(15,17)18/h7-9,11H,2-6,10H2,1H3. The number of esters is 1. The third-order valence-corrected chi connectivity index (χ3v) is 4.18. The van der Waals surface area contributed by atoms with Gasteiger partial charge in [-0.25, -0.2) is 13.2 Å². The third-order valence-electron chi connectivity index (χ3n) is 2.83. The van der Waals surface area contributed by atoms with E-state index in [-0.39, 0.29) is 10.5 Å². The van der Waals surface area contributed by atoms with Crippen molar-refractivity contribution in [2.24, 2.45) is 0 Å². The summed E-state index contributed by atoms with van der Waals surface area (Å²) in [5.74, 6) is -0.525. The summed E-state index contributed by atoms with van der Waals surface area (Å²) in [4.78, 5) is 11.7. The van der Waals surface area contributed by atoms with Gasteiger partial charge in [0.1, 0.15) is 0 Å². The van der Waals surface area contributed by atoms with E-state index in [2.05, 4.69) is 6.92 Å². The number of hydrogen-bond donors (Lipinski definition) is 0. The monoisotopic (exact) mass is 318 g/mol. The predicted molar refractivity (Wildman–Crippen MR) is 78.5 cm³/mol. The lowest BCUT2D eigenvalue weighted by Crippen LogP contribution is -2.07. The number of halogens is 1. The van der Waals surface area contributed by atoms with Crippen molar-refractivity contribution in [1.29, 1.82) is 0 Å². The number of ether oxygens (including phenoxy) is 1. The maximum Gasteiger partial charge on any atom is 0.338 e. The van der Waals surface area contributed by atoms with Gasteiger partial charge in [-0.1, -0.05) is 38.7 Å². The van der Waals surface area contributed by atoms with Crippen LogP contribution >= 0.6 is 10.7 Å². The molecule has 0 atom stereocenters. The maximum absolute atomic E-state index is 11.8. The summed E-state index contributed by atoms with van der Waals surface area (Å²) in [6.45, 7) is 2.48. The van der Waals surface area contributed by atoms with E-state index in [1.165, 1.54) is 37.1 Å². The molecule has 1 aromatic carbocycles. The second-order valence-electron chi connectivity index (χ2n) is 4.52. The molecule has 4 nitrogen and oxygen atoms in total. The summed E-state index contributed by atoms with van der Waals surface area (Å²) in [6, 6.07) is 5.53. The van der Waals surface area contributed by atoms with E-state index in [0.717, 1.165) is 19.3 Å². The normalized spacial score (nSPS) is 11.3. The van der Waals surface area contributed by atoms with Gasteiger partial charge in [-0.3, -0.25) is 0 Å². The van der Waals surface area contributed by atoms with E-state index in [1.54, 1.807) is 0 Å². The predicted octanol–water partition coefficient (Wildman–Crippen LogP) is 3.74. The molecule has 0 aliphatic heterocycles. The summed E-state index contributed by atoms with van der Waals surface area (Å²) in [5, 5.41) is 0. The van der Waals surface area contributed by atoms with Gasteiger partial charge in [-0.05, 0) is 24.6 Å². The first-order chi connectivity index (χ1) is 9.45. The summed E-state index contributed by atoms with van der Waals surface area (Å²) in [7, 11) is 1.40. The molecule has 0 saturated carbocycles. The molecule has 0 aliphatic rings. The van der Waals surface area contributed by atoms with Gasteiger partial charge in [-0.15, -0.1) is 0 Å². The molecule has 0 bridgehead atoms. The van der Waals surface area contributed by atoms with Crippen molar-refractivity contribution in [3.05, 3.63) is 29.8 Å². The van der Waals surface area contributed by atoms with Crippen LogP contribution < -0.4 is 0 Å². The average molecular weight is 319 g/mol. The van der Waals surface area contributed by atoms with E-state index in [1.807, 2.05) is 0 Å². The van der Waals surface area contributed by atoms with Crippen LogP contribution in [0.15, 0.2) is 29.2 Å². The van der Waals surface area contributed by atoms with Gasteiger partial charge in [-0.2, -0.15) is 0 Å². The van der Waals surface area contributed by atoms with Crippen molar-refractivity contribution < 1.29 is 17.9 Å². The van der Waals surface area contributed by atoms with Crippen LogP contribution in [0, 0.1) is 0 Å². The Kier molecular flexibility index (Phi) is 7.02. The second-order valence-corrected chi connectivity index (χ2v) is 7.08. The molecular formula is C14H19ClO4S. The number of benzene rings is 1. The second kappa shape index (κ2) is 8.27. The van der Waals surface area contributed by atoms with Crippen molar-refractivity contribution in [3.8, 4) is 0 Å². The molecule has 0 saturated heterocycles. The molecule has 0 unspecified atom stereocenters. The van der Waals surface area contributed by atoms with Gasteiger partial charge in [0, 0.05) is 10.7 Å². The lowest BCUT2D eigenvalue weighted by Gasteiger charge is -2.05. The zero-order valence-electron chi connectivity index (χ0n) is 11.5. The number of carbonyl (C=O) groups is 1.